The van der Waals surface area contributed by atoms with E-state index >= 15 is 0 Å². The summed E-state index contributed by atoms with van der Waals surface area (Å²) in [4.78, 5) is 0. The Morgan fingerprint density at radius 3 is 1.46 bits per heavy atom. The fraction of sp³-hybridized carbons (Fsp3) is 1.00. The third kappa shape index (κ3) is 7.37. The van der Waals surface area contributed by atoms with Gasteiger partial charge in [0, 0.05) is 7.05 Å². The molecule has 3 fully saturated rings. The van der Waals surface area contributed by atoms with Gasteiger partial charge in [0.1, 0.15) is 80.0 Å². The second-order valence-corrected chi connectivity index (χ2v) is 9.30. The first-order valence-corrected chi connectivity index (χ1v) is 12.1. The predicted molar refractivity (Wildman–Crippen MR) is 118 cm³/mol. The van der Waals surface area contributed by atoms with E-state index in [1.54, 1.807) is 0 Å². The maximum atomic E-state index is 10.9. The normalized spacial score (nSPS) is 47.5. The van der Waals surface area contributed by atoms with Gasteiger partial charge in [0.2, 0.25) is 0 Å². The molecular weight excluding hydrogens is 540 g/mol. The summed E-state index contributed by atoms with van der Waals surface area (Å²) in [6.45, 7) is -2.72. The van der Waals surface area contributed by atoms with Crippen molar-refractivity contribution >= 4 is 0 Å². The van der Waals surface area contributed by atoms with Gasteiger partial charge in [-0.3, -0.25) is 5.21 Å². The number of hydroxylamine groups is 1. The van der Waals surface area contributed by atoms with Crippen molar-refractivity contribution < 1.29 is 84.7 Å². The van der Waals surface area contributed by atoms with Crippen molar-refractivity contribution in [1.82, 2.24) is 10.6 Å². The highest BCUT2D eigenvalue weighted by molar-refractivity contribution is 4.96. The van der Waals surface area contributed by atoms with Crippen molar-refractivity contribution in [3.63, 3.8) is 0 Å². The van der Waals surface area contributed by atoms with Crippen LogP contribution in [0.4, 0.5) is 0 Å². The molecule has 3 aliphatic rings. The molecule has 12 N–H and O–H groups in total. The molecule has 3 aliphatic heterocycles. The van der Waals surface area contributed by atoms with Crippen molar-refractivity contribution in [2.24, 2.45) is 0 Å². The van der Waals surface area contributed by atoms with Gasteiger partial charge in [0.05, 0.1) is 19.8 Å². The lowest BCUT2D eigenvalue weighted by Gasteiger charge is -2.48. The van der Waals surface area contributed by atoms with E-state index in [9.17, 15) is 51.1 Å². The first-order chi connectivity index (χ1) is 18.4. The number of ether oxygens (including phenoxy) is 6. The zero-order chi connectivity index (χ0) is 29.0. The minimum Gasteiger partial charge on any atom is -0.394 e. The molecule has 0 spiro atoms. The molecule has 0 aliphatic carbocycles. The van der Waals surface area contributed by atoms with Crippen molar-refractivity contribution in [3.05, 3.63) is 0 Å². The Hall–Kier alpha value is -0.760. The van der Waals surface area contributed by atoms with Crippen LogP contribution < -0.4 is 5.43 Å². The molecule has 0 aromatic carbocycles. The third-order valence-electron chi connectivity index (χ3n) is 6.62. The van der Waals surface area contributed by atoms with E-state index in [-0.39, 0.29) is 6.73 Å². The third-order valence-corrected chi connectivity index (χ3v) is 6.62. The molecule has 0 radical (unpaired) electrons. The molecular formula is C20H38N2O17. The standard InChI is InChI=1S/C20H38N2O17/c1-22(33)21-5-34-18-14(31)16(10(27)7(3-24)35-18)39-20-15(32)17(11(28)8(4-25)37-20)38-19-13(30)12(29)9(26)6(2-23)36-19/h6-21,23-33H,2-5H2,1H3/t6-,7-,8-,9-,10-,11-,12+,13-,14-,15-,16+,17+,18-,19+,20+/m1/s1. The number of hydrogen-bond donors (Lipinski definition) is 12. The number of aliphatic hydroxyl groups is 10. The van der Waals surface area contributed by atoms with Crippen LogP contribution >= 0.6 is 0 Å². The van der Waals surface area contributed by atoms with Crippen LogP contribution in [0.3, 0.4) is 0 Å². The fourth-order valence-corrected chi connectivity index (χ4v) is 4.38. The van der Waals surface area contributed by atoms with Gasteiger partial charge in [-0.15, -0.1) is 5.17 Å². The van der Waals surface area contributed by atoms with Gasteiger partial charge in [-0.25, -0.2) is 5.43 Å². The molecule has 0 aromatic rings. The van der Waals surface area contributed by atoms with Crippen LogP contribution in [0.25, 0.3) is 0 Å². The van der Waals surface area contributed by atoms with Crippen LogP contribution in [0, 0.1) is 0 Å². The molecule has 230 valence electrons. The molecule has 0 aromatic heterocycles. The second kappa shape index (κ2) is 14.4. The largest absolute Gasteiger partial charge is 0.394 e. The molecule has 0 amide bonds. The molecule has 0 unspecified atom stereocenters. The van der Waals surface area contributed by atoms with Crippen molar-refractivity contribution in [3.8, 4) is 0 Å². The second-order valence-electron chi connectivity index (χ2n) is 9.30. The Balaban J connectivity index is 1.77. The van der Waals surface area contributed by atoms with Gasteiger partial charge in [0.25, 0.3) is 0 Å². The maximum Gasteiger partial charge on any atom is 0.188 e. The zero-order valence-corrected chi connectivity index (χ0v) is 20.8. The molecule has 0 bridgehead atoms. The minimum absolute atomic E-state index is 0.383. The minimum atomic E-state index is -1.94. The summed E-state index contributed by atoms with van der Waals surface area (Å²) in [5, 5.41) is 112. The van der Waals surface area contributed by atoms with Gasteiger partial charge in [-0.2, -0.15) is 0 Å². The van der Waals surface area contributed by atoms with E-state index in [2.05, 4.69) is 5.43 Å². The first kappa shape index (κ1) is 32.8. The summed E-state index contributed by atoms with van der Waals surface area (Å²) in [6, 6.07) is 0. The SMILES string of the molecule is CN(O)NCO[C@@H]1O[C@H](CO)[C@@H](O)[C@H](O[C@@H]2O[C@H](CO)[C@@H](O)[C@H](O[C@@H]3O[C@H](CO)[C@@H](O)[C@H](O)[C@H]3O)[C@H]2O)[C@H]1O. The van der Waals surface area contributed by atoms with E-state index in [1.165, 1.54) is 7.05 Å². The molecule has 3 heterocycles. The number of nitrogens with one attached hydrogen (secondary N) is 1. The van der Waals surface area contributed by atoms with Gasteiger partial charge < -0.3 is 79.5 Å². The molecule has 39 heavy (non-hydrogen) atoms. The lowest BCUT2D eigenvalue weighted by atomic mass is 9.96. The number of rotatable bonds is 11. The monoisotopic (exact) mass is 578 g/mol. The van der Waals surface area contributed by atoms with E-state index in [4.69, 9.17) is 33.6 Å². The van der Waals surface area contributed by atoms with Crippen LogP contribution in [0.15, 0.2) is 0 Å². The first-order valence-electron chi connectivity index (χ1n) is 12.1. The van der Waals surface area contributed by atoms with Crippen molar-refractivity contribution in [1.29, 1.82) is 0 Å². The molecule has 3 saturated heterocycles. The number of nitrogens with zero attached hydrogens (tertiary/aromatic N) is 1. The Bertz CT molecular complexity index is 738. The molecule has 3 rings (SSSR count). The van der Waals surface area contributed by atoms with Crippen LogP contribution in [-0.2, 0) is 28.4 Å². The highest BCUT2D eigenvalue weighted by Crippen LogP contribution is 2.32. The lowest BCUT2D eigenvalue weighted by molar-refractivity contribution is -0.381. The Morgan fingerprint density at radius 1 is 0.590 bits per heavy atom. The Kier molecular flexibility index (Phi) is 12.1. The zero-order valence-electron chi connectivity index (χ0n) is 20.8. The van der Waals surface area contributed by atoms with Gasteiger partial charge in [0.15, 0.2) is 18.9 Å². The summed E-state index contributed by atoms with van der Waals surface area (Å²) < 4.78 is 32.3. The smallest absolute Gasteiger partial charge is 0.188 e. The van der Waals surface area contributed by atoms with Crippen LogP contribution in [-0.4, -0.2) is 187 Å². The van der Waals surface area contributed by atoms with Crippen molar-refractivity contribution in [2.45, 2.75) is 92.1 Å². The summed E-state index contributed by atoms with van der Waals surface area (Å²) >= 11 is 0. The number of hydrazine groups is 1. The van der Waals surface area contributed by atoms with Gasteiger partial charge in [-0.1, -0.05) is 0 Å². The van der Waals surface area contributed by atoms with Crippen LogP contribution in [0.5, 0.6) is 0 Å². The maximum absolute atomic E-state index is 10.9. The van der Waals surface area contributed by atoms with Gasteiger partial charge in [-0.05, 0) is 0 Å². The summed E-state index contributed by atoms with van der Waals surface area (Å²) in [5.74, 6) is 0. The predicted octanol–water partition coefficient (Wildman–Crippen LogP) is -7.77. The van der Waals surface area contributed by atoms with Gasteiger partial charge >= 0.3 is 0 Å². The Labute approximate surface area is 221 Å². The van der Waals surface area contributed by atoms with E-state index < -0.39 is 112 Å². The quantitative estimate of drug-likeness (QED) is 0.0800. The highest BCUT2D eigenvalue weighted by atomic mass is 16.8. The summed E-state index contributed by atoms with van der Waals surface area (Å²) in [7, 11) is 1.24. The highest BCUT2D eigenvalue weighted by Gasteiger charge is 2.53. The number of hydrogen-bond acceptors (Lipinski definition) is 19. The van der Waals surface area contributed by atoms with Crippen LogP contribution in [0.2, 0.25) is 0 Å². The Morgan fingerprint density at radius 2 is 1.00 bits per heavy atom. The van der Waals surface area contributed by atoms with Crippen molar-refractivity contribution in [2.75, 3.05) is 33.6 Å². The molecule has 0 saturated carbocycles. The number of aliphatic hydroxyl groups excluding tert-OH is 10. The van der Waals surface area contributed by atoms with E-state index in [1.807, 2.05) is 0 Å². The summed E-state index contributed by atoms with van der Waals surface area (Å²) in [5.41, 5.74) is 2.33. The van der Waals surface area contributed by atoms with E-state index in [0.717, 1.165) is 0 Å². The topological polar surface area (TPSA) is 293 Å². The lowest BCUT2D eigenvalue weighted by Crippen LogP contribution is -2.67. The average Bonchev–Trinajstić information content (AvgIpc) is 2.91. The fourth-order valence-electron chi connectivity index (χ4n) is 4.38. The van der Waals surface area contributed by atoms with E-state index in [0.29, 0.717) is 5.17 Å². The molecule has 15 atom stereocenters. The molecule has 19 nitrogen and oxygen atoms in total. The molecule has 19 heteroatoms. The average molecular weight is 579 g/mol. The summed E-state index contributed by atoms with van der Waals surface area (Å²) in [6.07, 6.45) is -25.2. The van der Waals surface area contributed by atoms with Crippen LogP contribution in [0.1, 0.15) is 0 Å².